The van der Waals surface area contributed by atoms with Crippen LogP contribution in [0.5, 0.6) is 5.75 Å². The second-order valence-electron chi connectivity index (χ2n) is 5.12. The first-order valence-electron chi connectivity index (χ1n) is 6.96. The highest BCUT2D eigenvalue weighted by atomic mass is 19.1. The Hall–Kier alpha value is -2.88. The van der Waals surface area contributed by atoms with E-state index >= 15 is 0 Å². The minimum atomic E-state index is -0.978. The number of halogens is 2. The lowest BCUT2D eigenvalue weighted by atomic mass is 9.95. The van der Waals surface area contributed by atoms with Crippen LogP contribution in [0.4, 0.5) is 8.78 Å². The summed E-state index contributed by atoms with van der Waals surface area (Å²) in [5, 5.41) is 11.0. The van der Waals surface area contributed by atoms with Crippen LogP contribution in [0.25, 0.3) is 27.7 Å². The molecule has 0 radical (unpaired) electrons. The molecule has 3 rings (SSSR count). The average Bonchev–Trinajstić information content (AvgIpc) is 2.57. The van der Waals surface area contributed by atoms with Gasteiger partial charge in [0.25, 0.3) is 0 Å². The van der Waals surface area contributed by atoms with Crippen LogP contribution in [0.2, 0.25) is 0 Å². The van der Waals surface area contributed by atoms with Crippen molar-refractivity contribution in [2.75, 3.05) is 7.11 Å². The lowest BCUT2D eigenvalue weighted by Gasteiger charge is -2.12. The standard InChI is InChI=1S/C19H14F2O2/c1-11(23-2)13-7-6-12-4-3-5-14(15(12)10-13)18-16(20)8-9-17(22)19(18)21/h3-10,22H,1H2,2H3. The Balaban J connectivity index is 2.34. The van der Waals surface area contributed by atoms with E-state index in [9.17, 15) is 13.9 Å². The van der Waals surface area contributed by atoms with Gasteiger partial charge in [0.05, 0.1) is 12.7 Å². The number of rotatable bonds is 3. The van der Waals surface area contributed by atoms with Crippen LogP contribution < -0.4 is 0 Å². The Bertz CT molecular complexity index is 917. The summed E-state index contributed by atoms with van der Waals surface area (Å²) in [7, 11) is 1.51. The molecule has 0 fully saturated rings. The number of phenolic OH excluding ortho intramolecular Hbond substituents is 1. The second-order valence-corrected chi connectivity index (χ2v) is 5.12. The molecule has 2 nitrogen and oxygen atoms in total. The van der Waals surface area contributed by atoms with Gasteiger partial charge in [-0.2, -0.15) is 0 Å². The van der Waals surface area contributed by atoms with E-state index < -0.39 is 17.4 Å². The van der Waals surface area contributed by atoms with Crippen molar-refractivity contribution in [3.8, 4) is 16.9 Å². The predicted octanol–water partition coefficient (Wildman–Crippen LogP) is 5.11. The molecule has 3 aromatic rings. The van der Waals surface area contributed by atoms with E-state index in [0.29, 0.717) is 22.3 Å². The monoisotopic (exact) mass is 312 g/mol. The molecule has 0 amide bonds. The molecule has 0 aliphatic heterocycles. The van der Waals surface area contributed by atoms with E-state index in [2.05, 4.69) is 6.58 Å². The molecule has 116 valence electrons. The summed E-state index contributed by atoms with van der Waals surface area (Å²) in [6.07, 6.45) is 0. The van der Waals surface area contributed by atoms with Gasteiger partial charge in [-0.15, -0.1) is 0 Å². The van der Waals surface area contributed by atoms with E-state index in [0.717, 1.165) is 17.5 Å². The minimum Gasteiger partial charge on any atom is -0.505 e. The Morgan fingerprint density at radius 1 is 1.09 bits per heavy atom. The molecule has 1 N–H and O–H groups in total. The van der Waals surface area contributed by atoms with Crippen molar-refractivity contribution in [3.05, 3.63) is 72.3 Å². The van der Waals surface area contributed by atoms with Gasteiger partial charge < -0.3 is 9.84 Å². The number of fused-ring (bicyclic) bond motifs is 1. The fourth-order valence-corrected chi connectivity index (χ4v) is 2.57. The van der Waals surface area contributed by atoms with Crippen LogP contribution in [0, 0.1) is 11.6 Å². The van der Waals surface area contributed by atoms with Crippen molar-refractivity contribution in [1.82, 2.24) is 0 Å². The number of benzene rings is 3. The first-order chi connectivity index (χ1) is 11.0. The van der Waals surface area contributed by atoms with Crippen LogP contribution in [0.1, 0.15) is 5.56 Å². The third kappa shape index (κ3) is 2.52. The fourth-order valence-electron chi connectivity index (χ4n) is 2.57. The maximum Gasteiger partial charge on any atom is 0.175 e. The topological polar surface area (TPSA) is 29.5 Å². The molecule has 0 saturated heterocycles. The van der Waals surface area contributed by atoms with Crippen molar-refractivity contribution in [3.63, 3.8) is 0 Å². The Labute approximate surface area is 132 Å². The van der Waals surface area contributed by atoms with E-state index in [1.807, 2.05) is 18.2 Å². The van der Waals surface area contributed by atoms with Crippen LogP contribution in [-0.2, 0) is 4.74 Å². The summed E-state index contributed by atoms with van der Waals surface area (Å²) in [6.45, 7) is 3.79. The number of phenols is 1. The largest absolute Gasteiger partial charge is 0.505 e. The number of aromatic hydroxyl groups is 1. The van der Waals surface area contributed by atoms with Crippen molar-refractivity contribution in [2.24, 2.45) is 0 Å². The molecule has 0 atom stereocenters. The van der Waals surface area contributed by atoms with E-state index in [1.54, 1.807) is 18.2 Å². The van der Waals surface area contributed by atoms with Crippen molar-refractivity contribution < 1.29 is 18.6 Å². The van der Waals surface area contributed by atoms with Crippen molar-refractivity contribution in [1.29, 1.82) is 0 Å². The summed E-state index contributed by atoms with van der Waals surface area (Å²) in [5.74, 6) is -1.84. The van der Waals surface area contributed by atoms with Crippen LogP contribution in [-0.4, -0.2) is 12.2 Å². The number of methoxy groups -OCH3 is 1. The lowest BCUT2D eigenvalue weighted by Crippen LogP contribution is -1.93. The van der Waals surface area contributed by atoms with Crippen molar-refractivity contribution in [2.45, 2.75) is 0 Å². The summed E-state index contributed by atoms with van der Waals surface area (Å²) < 4.78 is 33.6. The molecule has 0 aliphatic rings. The number of hydrogen-bond acceptors (Lipinski definition) is 2. The van der Waals surface area contributed by atoms with Gasteiger partial charge in [-0.25, -0.2) is 8.78 Å². The first-order valence-corrected chi connectivity index (χ1v) is 6.96. The molecule has 0 spiro atoms. The predicted molar refractivity (Wildman–Crippen MR) is 87.0 cm³/mol. The molecule has 0 aromatic heterocycles. The van der Waals surface area contributed by atoms with Gasteiger partial charge in [-0.1, -0.05) is 36.9 Å². The molecular weight excluding hydrogens is 298 g/mol. The van der Waals surface area contributed by atoms with E-state index in [-0.39, 0.29) is 5.56 Å². The maximum atomic E-state index is 14.3. The minimum absolute atomic E-state index is 0.254. The third-order valence-corrected chi connectivity index (χ3v) is 3.79. The Morgan fingerprint density at radius 2 is 1.87 bits per heavy atom. The molecule has 0 heterocycles. The molecule has 0 bridgehead atoms. The van der Waals surface area contributed by atoms with E-state index in [1.165, 1.54) is 7.11 Å². The van der Waals surface area contributed by atoms with Crippen LogP contribution in [0.3, 0.4) is 0 Å². The summed E-state index contributed by atoms with van der Waals surface area (Å²) in [4.78, 5) is 0. The zero-order chi connectivity index (χ0) is 16.6. The van der Waals surface area contributed by atoms with E-state index in [4.69, 9.17) is 4.74 Å². The van der Waals surface area contributed by atoms with Gasteiger partial charge in [0.1, 0.15) is 11.6 Å². The molecule has 4 heteroatoms. The summed E-state index contributed by atoms with van der Waals surface area (Å²) in [6, 6.07) is 12.6. The number of ether oxygens (including phenoxy) is 1. The van der Waals surface area contributed by atoms with Gasteiger partial charge in [-0.3, -0.25) is 0 Å². The van der Waals surface area contributed by atoms with Gasteiger partial charge in [0.15, 0.2) is 11.6 Å². The highest BCUT2D eigenvalue weighted by molar-refractivity contribution is 5.98. The molecular formula is C19H14F2O2. The first kappa shape index (κ1) is 15.0. The van der Waals surface area contributed by atoms with Crippen LogP contribution >= 0.6 is 0 Å². The Kier molecular flexibility index (Phi) is 3.74. The van der Waals surface area contributed by atoms with Crippen molar-refractivity contribution >= 4 is 16.5 Å². The highest BCUT2D eigenvalue weighted by Crippen LogP contribution is 2.36. The third-order valence-electron chi connectivity index (χ3n) is 3.79. The fraction of sp³-hybridized carbons (Fsp3) is 0.0526. The van der Waals surface area contributed by atoms with Gasteiger partial charge >= 0.3 is 0 Å². The van der Waals surface area contributed by atoms with Gasteiger partial charge in [0, 0.05) is 5.56 Å². The average molecular weight is 312 g/mol. The molecule has 0 saturated carbocycles. The molecule has 23 heavy (non-hydrogen) atoms. The molecule has 3 aromatic carbocycles. The van der Waals surface area contributed by atoms with Crippen LogP contribution in [0.15, 0.2) is 55.1 Å². The van der Waals surface area contributed by atoms with Gasteiger partial charge in [0.2, 0.25) is 0 Å². The molecule has 0 unspecified atom stereocenters. The smallest absolute Gasteiger partial charge is 0.175 e. The second kappa shape index (κ2) is 5.72. The number of hydrogen-bond donors (Lipinski definition) is 1. The Morgan fingerprint density at radius 3 is 2.61 bits per heavy atom. The lowest BCUT2D eigenvalue weighted by molar-refractivity contribution is 0.371. The summed E-state index contributed by atoms with van der Waals surface area (Å²) >= 11 is 0. The zero-order valence-electron chi connectivity index (χ0n) is 12.4. The van der Waals surface area contributed by atoms with Gasteiger partial charge in [-0.05, 0) is 34.5 Å². The summed E-state index contributed by atoms with van der Waals surface area (Å²) in [5.41, 5.74) is 0.823. The maximum absolute atomic E-state index is 14.3. The quantitative estimate of drug-likeness (QED) is 0.681. The normalized spacial score (nSPS) is 10.7. The molecule has 0 aliphatic carbocycles. The zero-order valence-corrected chi connectivity index (χ0v) is 12.4. The SMILES string of the molecule is C=C(OC)c1ccc2cccc(-c3c(F)ccc(O)c3F)c2c1. The highest BCUT2D eigenvalue weighted by Gasteiger charge is 2.17.